The Labute approximate surface area is 155 Å². The number of carbonyl (C=O) groups is 2. The molecule has 7 nitrogen and oxygen atoms in total. The first kappa shape index (κ1) is 19.2. The zero-order valence-electron chi connectivity index (χ0n) is 14.1. The molecule has 1 atom stereocenters. The lowest BCUT2D eigenvalue weighted by Gasteiger charge is -2.23. The van der Waals surface area contributed by atoms with E-state index in [-0.39, 0.29) is 18.4 Å². The molecule has 1 aromatic carbocycles. The average Bonchev–Trinajstić information content (AvgIpc) is 3.07. The summed E-state index contributed by atoms with van der Waals surface area (Å²) >= 11 is 7.28. The summed E-state index contributed by atoms with van der Waals surface area (Å²) in [5.74, 6) is -0.00230. The molecule has 0 aliphatic carbocycles. The van der Waals surface area contributed by atoms with Crippen molar-refractivity contribution in [2.45, 2.75) is 13.0 Å². The second-order valence-electron chi connectivity index (χ2n) is 5.31. The first-order valence-corrected chi connectivity index (χ1v) is 8.70. The summed E-state index contributed by atoms with van der Waals surface area (Å²) in [6.45, 7) is 1.75. The van der Waals surface area contributed by atoms with Gasteiger partial charge in [-0.2, -0.15) is 0 Å². The number of nitrogens with zero attached hydrogens (tertiary/aromatic N) is 2. The molecule has 9 heteroatoms. The number of anilines is 2. The molecular weight excluding hydrogens is 364 g/mol. The van der Waals surface area contributed by atoms with E-state index in [1.165, 1.54) is 18.4 Å². The van der Waals surface area contributed by atoms with E-state index in [4.69, 9.17) is 16.3 Å². The Morgan fingerprint density at radius 3 is 2.80 bits per heavy atom. The lowest BCUT2D eigenvalue weighted by Crippen LogP contribution is -2.43. The van der Waals surface area contributed by atoms with Gasteiger partial charge in [-0.25, -0.2) is 4.98 Å². The molecule has 0 bridgehead atoms. The smallest absolute Gasteiger partial charge is 0.243 e. The molecule has 1 aromatic heterocycles. The van der Waals surface area contributed by atoms with Crippen molar-refractivity contribution in [2.75, 3.05) is 31.3 Å². The van der Waals surface area contributed by atoms with Gasteiger partial charge in [0.1, 0.15) is 5.75 Å². The zero-order chi connectivity index (χ0) is 18.4. The van der Waals surface area contributed by atoms with E-state index in [0.29, 0.717) is 21.6 Å². The van der Waals surface area contributed by atoms with Crippen LogP contribution in [0.5, 0.6) is 5.75 Å². The van der Waals surface area contributed by atoms with E-state index in [2.05, 4.69) is 15.6 Å². The summed E-state index contributed by atoms with van der Waals surface area (Å²) in [7, 11) is 3.21. The molecule has 0 fully saturated rings. The Bertz CT molecular complexity index is 739. The third-order valence-electron chi connectivity index (χ3n) is 3.53. The van der Waals surface area contributed by atoms with Crippen LogP contribution in [-0.4, -0.2) is 48.4 Å². The van der Waals surface area contributed by atoms with Gasteiger partial charge < -0.3 is 15.4 Å². The normalized spacial score (nSPS) is 11.9. The lowest BCUT2D eigenvalue weighted by molar-refractivity contribution is -0.122. The SMILES string of the molecule is COc1ccc(Cl)cc1NC(=O)CN(C)C(C)C(=O)Nc1nccs1. The first-order valence-electron chi connectivity index (χ1n) is 7.44. The lowest BCUT2D eigenvalue weighted by atomic mass is 10.2. The van der Waals surface area contributed by atoms with Gasteiger partial charge >= 0.3 is 0 Å². The van der Waals surface area contributed by atoms with Crippen LogP contribution in [0.25, 0.3) is 0 Å². The maximum atomic E-state index is 12.3. The van der Waals surface area contributed by atoms with Crippen molar-refractivity contribution in [1.29, 1.82) is 0 Å². The number of nitrogens with one attached hydrogen (secondary N) is 2. The second-order valence-corrected chi connectivity index (χ2v) is 6.64. The fourth-order valence-corrected chi connectivity index (χ4v) is 2.73. The molecule has 1 heterocycles. The number of amides is 2. The summed E-state index contributed by atoms with van der Waals surface area (Å²) in [4.78, 5) is 30.1. The number of ether oxygens (including phenoxy) is 1. The summed E-state index contributed by atoms with van der Waals surface area (Å²) in [6.07, 6.45) is 1.61. The van der Waals surface area contributed by atoms with E-state index in [0.717, 1.165) is 0 Å². The van der Waals surface area contributed by atoms with Crippen LogP contribution in [0, 0.1) is 0 Å². The van der Waals surface area contributed by atoms with Crippen molar-refractivity contribution in [2.24, 2.45) is 0 Å². The number of benzene rings is 1. The molecule has 2 aromatic rings. The second kappa shape index (κ2) is 8.80. The molecule has 1 unspecified atom stereocenters. The van der Waals surface area contributed by atoms with Crippen LogP contribution < -0.4 is 15.4 Å². The van der Waals surface area contributed by atoms with Gasteiger partial charge in [0.05, 0.1) is 25.4 Å². The van der Waals surface area contributed by atoms with Crippen molar-refractivity contribution in [3.8, 4) is 5.75 Å². The van der Waals surface area contributed by atoms with Crippen LogP contribution in [-0.2, 0) is 9.59 Å². The molecule has 0 saturated heterocycles. The van der Waals surface area contributed by atoms with Gasteiger partial charge in [-0.3, -0.25) is 14.5 Å². The molecule has 0 saturated carbocycles. The standard InChI is InChI=1S/C16H19ClN4O3S/c1-10(15(23)20-16-18-6-7-25-16)21(2)9-14(22)19-12-8-11(17)4-5-13(12)24-3/h4-8,10H,9H2,1-3H3,(H,19,22)(H,18,20,23). The van der Waals surface area contributed by atoms with Crippen molar-refractivity contribution < 1.29 is 14.3 Å². The maximum Gasteiger partial charge on any atom is 0.243 e. The van der Waals surface area contributed by atoms with E-state index in [1.807, 2.05) is 0 Å². The van der Waals surface area contributed by atoms with E-state index < -0.39 is 6.04 Å². The minimum Gasteiger partial charge on any atom is -0.495 e. The van der Waals surface area contributed by atoms with Gasteiger partial charge in [0, 0.05) is 16.6 Å². The highest BCUT2D eigenvalue weighted by Gasteiger charge is 2.21. The van der Waals surface area contributed by atoms with Gasteiger partial charge in [-0.05, 0) is 32.2 Å². The molecular formula is C16H19ClN4O3S. The third kappa shape index (κ3) is 5.42. The van der Waals surface area contributed by atoms with Crippen LogP contribution in [0.1, 0.15) is 6.92 Å². The van der Waals surface area contributed by atoms with Crippen molar-refractivity contribution in [3.63, 3.8) is 0 Å². The summed E-state index contributed by atoms with van der Waals surface area (Å²) in [6, 6.07) is 4.45. The Morgan fingerprint density at radius 2 is 2.16 bits per heavy atom. The van der Waals surface area contributed by atoms with Crippen LogP contribution in [0.15, 0.2) is 29.8 Å². The number of likely N-dealkylation sites (N-methyl/N-ethyl adjacent to an activating group) is 1. The van der Waals surface area contributed by atoms with Gasteiger partial charge in [-0.15, -0.1) is 11.3 Å². The summed E-state index contributed by atoms with van der Waals surface area (Å²) in [5.41, 5.74) is 0.480. The zero-order valence-corrected chi connectivity index (χ0v) is 15.6. The molecule has 2 N–H and O–H groups in total. The third-order valence-corrected chi connectivity index (χ3v) is 4.46. The molecule has 0 aliphatic heterocycles. The highest BCUT2D eigenvalue weighted by molar-refractivity contribution is 7.13. The largest absolute Gasteiger partial charge is 0.495 e. The number of rotatable bonds is 7. The minimum absolute atomic E-state index is 0.0299. The Kier molecular flexibility index (Phi) is 6.74. The van der Waals surface area contributed by atoms with Crippen LogP contribution >= 0.6 is 22.9 Å². The van der Waals surface area contributed by atoms with Crippen molar-refractivity contribution >= 4 is 45.6 Å². The fourth-order valence-electron chi connectivity index (χ4n) is 2.03. The van der Waals surface area contributed by atoms with Gasteiger partial charge in [-0.1, -0.05) is 11.6 Å². The number of halogens is 1. The number of methoxy groups -OCH3 is 1. The topological polar surface area (TPSA) is 83.6 Å². The predicted molar refractivity (Wildman–Crippen MR) is 99.5 cm³/mol. The summed E-state index contributed by atoms with van der Waals surface area (Å²) < 4.78 is 5.19. The highest BCUT2D eigenvalue weighted by Crippen LogP contribution is 2.27. The molecule has 2 rings (SSSR count). The van der Waals surface area contributed by atoms with Crippen molar-refractivity contribution in [1.82, 2.24) is 9.88 Å². The number of hydrogen-bond donors (Lipinski definition) is 2. The Hall–Kier alpha value is -2.16. The summed E-state index contributed by atoms with van der Waals surface area (Å²) in [5, 5.41) is 8.24. The number of thiazole rings is 1. The van der Waals surface area contributed by atoms with Crippen LogP contribution in [0.4, 0.5) is 10.8 Å². The van der Waals surface area contributed by atoms with Crippen molar-refractivity contribution in [3.05, 3.63) is 34.8 Å². The number of carbonyl (C=O) groups excluding carboxylic acids is 2. The molecule has 134 valence electrons. The van der Waals surface area contributed by atoms with E-state index in [1.54, 1.807) is 48.6 Å². The Morgan fingerprint density at radius 1 is 1.40 bits per heavy atom. The average molecular weight is 383 g/mol. The fraction of sp³-hybridized carbons (Fsp3) is 0.312. The molecule has 0 radical (unpaired) electrons. The quantitative estimate of drug-likeness (QED) is 0.769. The van der Waals surface area contributed by atoms with Crippen LogP contribution in [0.3, 0.4) is 0 Å². The predicted octanol–water partition coefficient (Wildman–Crippen LogP) is 2.70. The minimum atomic E-state index is -0.504. The van der Waals surface area contributed by atoms with Gasteiger partial charge in [0.25, 0.3) is 0 Å². The van der Waals surface area contributed by atoms with E-state index >= 15 is 0 Å². The van der Waals surface area contributed by atoms with Gasteiger partial charge in [0.2, 0.25) is 11.8 Å². The van der Waals surface area contributed by atoms with Crippen LogP contribution in [0.2, 0.25) is 5.02 Å². The Balaban J connectivity index is 1.93. The monoisotopic (exact) mass is 382 g/mol. The molecule has 2 amide bonds. The van der Waals surface area contributed by atoms with E-state index in [9.17, 15) is 9.59 Å². The number of hydrogen-bond acceptors (Lipinski definition) is 6. The maximum absolute atomic E-state index is 12.3. The highest BCUT2D eigenvalue weighted by atomic mass is 35.5. The first-order chi connectivity index (χ1) is 11.9. The molecule has 25 heavy (non-hydrogen) atoms. The number of aromatic nitrogens is 1. The molecule has 0 spiro atoms. The molecule has 0 aliphatic rings. The van der Waals surface area contributed by atoms with Gasteiger partial charge in [0.15, 0.2) is 5.13 Å².